The van der Waals surface area contributed by atoms with Crippen LogP contribution in [0.1, 0.15) is 70.2 Å². The van der Waals surface area contributed by atoms with Crippen molar-refractivity contribution in [1.82, 2.24) is 15.5 Å². The Morgan fingerprint density at radius 3 is 2.19 bits per heavy atom. The Bertz CT molecular complexity index is 1100. The summed E-state index contributed by atoms with van der Waals surface area (Å²) >= 11 is 0. The first-order valence-electron chi connectivity index (χ1n) is 12.8. The Balaban J connectivity index is 2.01. The first kappa shape index (κ1) is 28.0. The van der Waals surface area contributed by atoms with Crippen LogP contribution in [0.5, 0.6) is 5.75 Å². The third-order valence-corrected chi connectivity index (χ3v) is 6.00. The summed E-state index contributed by atoms with van der Waals surface area (Å²) in [7, 11) is 0. The van der Waals surface area contributed by atoms with Crippen LogP contribution in [0.25, 0.3) is 0 Å². The Kier molecular flexibility index (Phi) is 8.84. The highest BCUT2D eigenvalue weighted by atomic mass is 16.6. The van der Waals surface area contributed by atoms with Gasteiger partial charge in [0.05, 0.1) is 0 Å². The van der Waals surface area contributed by atoms with Crippen molar-refractivity contribution in [2.75, 3.05) is 0 Å². The second kappa shape index (κ2) is 11.7. The number of nitrogens with one attached hydrogen (secondary N) is 2. The number of phenols is 1. The molecule has 2 aromatic carbocycles. The minimum Gasteiger partial charge on any atom is -0.508 e. The first-order chi connectivity index (χ1) is 17.4. The number of alkyl carbamates (subject to hydrolysis) is 1. The Morgan fingerprint density at radius 2 is 1.65 bits per heavy atom. The number of carbonyl (C=O) groups is 3. The minimum absolute atomic E-state index is 0.108. The number of aryl methyl sites for hydroxylation is 1. The molecule has 0 radical (unpaired) electrons. The third kappa shape index (κ3) is 7.97. The monoisotopic (exact) mass is 509 g/mol. The van der Waals surface area contributed by atoms with E-state index in [9.17, 15) is 19.5 Å². The largest absolute Gasteiger partial charge is 0.508 e. The highest BCUT2D eigenvalue weighted by Gasteiger charge is 2.44. The number of phenolic OH excluding ortho intramolecular Hbond substituents is 1. The maximum atomic E-state index is 14.2. The van der Waals surface area contributed by atoms with E-state index in [1.165, 1.54) is 12.1 Å². The lowest BCUT2D eigenvalue weighted by Gasteiger charge is -2.35. The van der Waals surface area contributed by atoms with Gasteiger partial charge in [-0.15, -0.1) is 0 Å². The summed E-state index contributed by atoms with van der Waals surface area (Å²) in [5.41, 5.74) is 1.66. The van der Waals surface area contributed by atoms with E-state index in [4.69, 9.17) is 4.74 Å². The lowest BCUT2D eigenvalue weighted by Crippen LogP contribution is -2.55. The van der Waals surface area contributed by atoms with Gasteiger partial charge in [0.1, 0.15) is 23.4 Å². The van der Waals surface area contributed by atoms with Gasteiger partial charge in [0.2, 0.25) is 11.8 Å². The number of rotatable bonds is 9. The molecule has 1 aliphatic carbocycles. The first-order valence-corrected chi connectivity index (χ1v) is 12.8. The summed E-state index contributed by atoms with van der Waals surface area (Å²) < 4.78 is 5.46. The van der Waals surface area contributed by atoms with E-state index in [2.05, 4.69) is 10.6 Å². The van der Waals surface area contributed by atoms with Crippen LogP contribution < -0.4 is 10.6 Å². The van der Waals surface area contributed by atoms with Crippen LogP contribution >= 0.6 is 0 Å². The quantitative estimate of drug-likeness (QED) is 0.465. The van der Waals surface area contributed by atoms with E-state index in [1.54, 1.807) is 37.8 Å². The van der Waals surface area contributed by atoms with Gasteiger partial charge in [-0.25, -0.2) is 4.79 Å². The normalized spacial score (nSPS) is 15.0. The SMILES string of the molecule is Cc1ccccc1C(C(=O)NC(C)C)N(C(=O)C(Cc1ccc(O)cc1)NC(=O)OC(C)(C)C)C1CC1. The van der Waals surface area contributed by atoms with E-state index in [0.29, 0.717) is 0 Å². The molecular formula is C29H39N3O5. The summed E-state index contributed by atoms with van der Waals surface area (Å²) in [5, 5.41) is 15.4. The summed E-state index contributed by atoms with van der Waals surface area (Å²) in [4.78, 5) is 42.2. The molecule has 0 aromatic heterocycles. The fourth-order valence-corrected chi connectivity index (χ4v) is 4.24. The molecule has 37 heavy (non-hydrogen) atoms. The summed E-state index contributed by atoms with van der Waals surface area (Å²) in [5.74, 6) is -0.505. The Morgan fingerprint density at radius 1 is 1.03 bits per heavy atom. The van der Waals surface area contributed by atoms with Crippen molar-refractivity contribution >= 4 is 17.9 Å². The molecule has 2 unspecified atom stereocenters. The number of hydrogen-bond acceptors (Lipinski definition) is 5. The van der Waals surface area contributed by atoms with Crippen LogP contribution in [0.3, 0.4) is 0 Å². The lowest BCUT2D eigenvalue weighted by molar-refractivity contribution is -0.143. The molecule has 3 rings (SSSR count). The van der Waals surface area contributed by atoms with Gasteiger partial charge < -0.3 is 25.4 Å². The molecule has 1 fully saturated rings. The van der Waals surface area contributed by atoms with Crippen molar-refractivity contribution in [3.05, 3.63) is 65.2 Å². The molecule has 0 saturated heterocycles. The lowest BCUT2D eigenvalue weighted by atomic mass is 9.96. The van der Waals surface area contributed by atoms with Crippen LogP contribution in [-0.2, 0) is 20.7 Å². The molecule has 3 amide bonds. The van der Waals surface area contributed by atoms with Crippen LogP contribution in [-0.4, -0.2) is 51.6 Å². The molecule has 1 aliphatic rings. The molecule has 0 aliphatic heterocycles. The van der Waals surface area contributed by atoms with Crippen molar-refractivity contribution in [2.24, 2.45) is 0 Å². The highest BCUT2D eigenvalue weighted by molar-refractivity contribution is 5.93. The van der Waals surface area contributed by atoms with E-state index in [-0.39, 0.29) is 36.1 Å². The topological polar surface area (TPSA) is 108 Å². The van der Waals surface area contributed by atoms with E-state index in [1.807, 2.05) is 45.0 Å². The zero-order valence-electron chi connectivity index (χ0n) is 22.6. The minimum atomic E-state index is -0.974. The molecule has 0 bridgehead atoms. The van der Waals surface area contributed by atoms with Gasteiger partial charge in [0.25, 0.3) is 0 Å². The van der Waals surface area contributed by atoms with Gasteiger partial charge in [0, 0.05) is 18.5 Å². The van der Waals surface area contributed by atoms with Crippen LogP contribution in [0, 0.1) is 6.92 Å². The molecule has 0 spiro atoms. The maximum absolute atomic E-state index is 14.2. The average Bonchev–Trinajstić information content (AvgIpc) is 3.62. The van der Waals surface area contributed by atoms with Gasteiger partial charge in [-0.2, -0.15) is 0 Å². The highest BCUT2D eigenvalue weighted by Crippen LogP contribution is 2.37. The number of benzene rings is 2. The third-order valence-electron chi connectivity index (χ3n) is 6.00. The number of nitrogens with zero attached hydrogens (tertiary/aromatic N) is 1. The molecule has 1 saturated carbocycles. The molecule has 2 atom stereocenters. The number of ether oxygens (including phenoxy) is 1. The Labute approximate surface area is 219 Å². The summed E-state index contributed by atoms with van der Waals surface area (Å²) in [6, 6.07) is 12.0. The van der Waals surface area contributed by atoms with Crippen LogP contribution in [0.15, 0.2) is 48.5 Å². The number of aromatic hydroxyl groups is 1. The van der Waals surface area contributed by atoms with Crippen LogP contribution in [0.4, 0.5) is 4.79 Å². The van der Waals surface area contributed by atoms with Crippen molar-refractivity contribution < 1.29 is 24.2 Å². The fourth-order valence-electron chi connectivity index (χ4n) is 4.24. The molecular weight excluding hydrogens is 470 g/mol. The predicted molar refractivity (Wildman–Crippen MR) is 142 cm³/mol. The molecule has 2 aromatic rings. The molecule has 8 nitrogen and oxygen atoms in total. The average molecular weight is 510 g/mol. The van der Waals surface area contributed by atoms with Crippen molar-refractivity contribution in [3.8, 4) is 5.75 Å². The summed E-state index contributed by atoms with van der Waals surface area (Å²) in [6.07, 6.45) is 1.02. The zero-order chi connectivity index (χ0) is 27.3. The van der Waals surface area contributed by atoms with Gasteiger partial charge in [-0.1, -0.05) is 36.4 Å². The number of carbonyl (C=O) groups excluding carboxylic acids is 3. The van der Waals surface area contributed by atoms with Gasteiger partial charge in [-0.05, 0) is 83.2 Å². The summed E-state index contributed by atoms with van der Waals surface area (Å²) in [6.45, 7) is 11.0. The Hall–Kier alpha value is -3.55. The van der Waals surface area contributed by atoms with Crippen LogP contribution in [0.2, 0.25) is 0 Å². The number of amides is 3. The van der Waals surface area contributed by atoms with Gasteiger partial charge in [0.15, 0.2) is 0 Å². The van der Waals surface area contributed by atoms with E-state index < -0.39 is 23.8 Å². The second-order valence-corrected chi connectivity index (χ2v) is 11.0. The van der Waals surface area contributed by atoms with E-state index >= 15 is 0 Å². The van der Waals surface area contributed by atoms with Crippen molar-refractivity contribution in [2.45, 2.75) is 90.6 Å². The molecule has 3 N–H and O–H groups in total. The fraction of sp³-hybridized carbons (Fsp3) is 0.483. The molecule has 0 heterocycles. The van der Waals surface area contributed by atoms with Crippen molar-refractivity contribution in [3.63, 3.8) is 0 Å². The molecule has 200 valence electrons. The van der Waals surface area contributed by atoms with Crippen molar-refractivity contribution in [1.29, 1.82) is 0 Å². The number of hydrogen-bond donors (Lipinski definition) is 3. The predicted octanol–water partition coefficient (Wildman–Crippen LogP) is 4.39. The maximum Gasteiger partial charge on any atom is 0.408 e. The molecule has 8 heteroatoms. The van der Waals surface area contributed by atoms with Gasteiger partial charge in [-0.3, -0.25) is 9.59 Å². The van der Waals surface area contributed by atoms with Gasteiger partial charge >= 0.3 is 6.09 Å². The van der Waals surface area contributed by atoms with E-state index in [0.717, 1.165) is 29.5 Å². The zero-order valence-corrected chi connectivity index (χ0v) is 22.6. The second-order valence-electron chi connectivity index (χ2n) is 11.0. The standard InChI is InChI=1S/C29H39N3O5/c1-18(2)30-26(34)25(23-10-8-7-9-19(23)3)32(21-13-14-21)27(35)24(31-28(36)37-29(4,5)6)17-20-11-15-22(33)16-12-20/h7-12,15-16,18,21,24-25,33H,13-14,17H2,1-6H3,(H,30,34)(H,31,36). The smallest absolute Gasteiger partial charge is 0.408 e.